The molecule has 5 rings (SSSR count). The standard InChI is InChI=1S/C19H13Cl2F2N5O2/c20-15-11(2-3-12(23)16(15)21)19(29)28-10-6-27-17(13-4-1-9(22)5-24-13)25-26-18(27)14(28)8-30-7-10/h1-5,10,14H,6-8H2. The van der Waals surface area contributed by atoms with Gasteiger partial charge in [-0.2, -0.15) is 0 Å². The van der Waals surface area contributed by atoms with E-state index in [1.54, 1.807) is 4.90 Å². The highest BCUT2D eigenvalue weighted by Crippen LogP contribution is 2.37. The number of pyridine rings is 1. The van der Waals surface area contributed by atoms with E-state index in [4.69, 9.17) is 27.9 Å². The van der Waals surface area contributed by atoms with Crippen molar-refractivity contribution in [2.45, 2.75) is 18.6 Å². The number of carbonyl (C=O) groups is 1. The van der Waals surface area contributed by atoms with Gasteiger partial charge in [0, 0.05) is 6.54 Å². The molecule has 30 heavy (non-hydrogen) atoms. The molecule has 11 heteroatoms. The number of nitrogens with zero attached hydrogens (tertiary/aromatic N) is 5. The Morgan fingerprint density at radius 3 is 2.70 bits per heavy atom. The fourth-order valence-corrected chi connectivity index (χ4v) is 4.26. The molecule has 3 aromatic rings. The molecule has 2 unspecified atom stereocenters. The highest BCUT2D eigenvalue weighted by Gasteiger charge is 2.44. The molecule has 0 saturated carbocycles. The maximum atomic E-state index is 13.7. The Hall–Kier alpha value is -2.62. The van der Waals surface area contributed by atoms with E-state index in [1.165, 1.54) is 18.2 Å². The molecule has 7 nitrogen and oxygen atoms in total. The Morgan fingerprint density at radius 2 is 1.93 bits per heavy atom. The van der Waals surface area contributed by atoms with Crippen molar-refractivity contribution in [1.82, 2.24) is 24.6 Å². The number of fused-ring (bicyclic) bond motifs is 4. The molecule has 154 valence electrons. The Bertz CT molecular complexity index is 1150. The fourth-order valence-electron chi connectivity index (χ4n) is 3.86. The van der Waals surface area contributed by atoms with Crippen LogP contribution in [-0.4, -0.2) is 49.8 Å². The Labute approximate surface area is 179 Å². The number of halogens is 4. The number of aromatic nitrogens is 4. The first-order valence-electron chi connectivity index (χ1n) is 9.04. The van der Waals surface area contributed by atoms with Gasteiger partial charge in [0.25, 0.3) is 5.91 Å². The quantitative estimate of drug-likeness (QED) is 0.557. The zero-order chi connectivity index (χ0) is 21.0. The molecule has 2 aliphatic rings. The van der Waals surface area contributed by atoms with Crippen LogP contribution >= 0.6 is 23.2 Å². The predicted octanol–water partition coefficient (Wildman–Crippen LogP) is 3.52. The first-order valence-corrected chi connectivity index (χ1v) is 9.80. The molecule has 2 aromatic heterocycles. The van der Waals surface area contributed by atoms with Crippen molar-refractivity contribution < 1.29 is 18.3 Å². The van der Waals surface area contributed by atoms with E-state index in [0.717, 1.165) is 12.3 Å². The first-order chi connectivity index (χ1) is 14.5. The van der Waals surface area contributed by atoms with Crippen molar-refractivity contribution >= 4 is 29.1 Å². The topological polar surface area (TPSA) is 73.1 Å². The zero-order valence-corrected chi connectivity index (χ0v) is 16.7. The number of ether oxygens (including phenoxy) is 1. The van der Waals surface area contributed by atoms with Gasteiger partial charge in [-0.3, -0.25) is 4.79 Å². The molecule has 1 saturated heterocycles. The van der Waals surface area contributed by atoms with Crippen molar-refractivity contribution in [1.29, 1.82) is 0 Å². The highest BCUT2D eigenvalue weighted by atomic mass is 35.5. The van der Waals surface area contributed by atoms with Crippen molar-refractivity contribution in [3.8, 4) is 11.5 Å². The lowest BCUT2D eigenvalue weighted by molar-refractivity contribution is -0.0569. The third-order valence-corrected chi connectivity index (χ3v) is 6.10. The lowest BCUT2D eigenvalue weighted by Gasteiger charge is -2.45. The van der Waals surface area contributed by atoms with Gasteiger partial charge in [0.2, 0.25) is 0 Å². The summed E-state index contributed by atoms with van der Waals surface area (Å²) >= 11 is 12.0. The molecule has 2 atom stereocenters. The second kappa shape index (κ2) is 7.26. The maximum Gasteiger partial charge on any atom is 0.256 e. The Morgan fingerprint density at radius 1 is 1.10 bits per heavy atom. The van der Waals surface area contributed by atoms with Crippen LogP contribution in [0.1, 0.15) is 22.2 Å². The summed E-state index contributed by atoms with van der Waals surface area (Å²) in [5, 5.41) is 8.02. The number of morpholine rings is 1. The van der Waals surface area contributed by atoms with Crippen LogP contribution in [0, 0.1) is 11.6 Å². The van der Waals surface area contributed by atoms with Gasteiger partial charge in [0.15, 0.2) is 11.6 Å². The van der Waals surface area contributed by atoms with Gasteiger partial charge in [-0.1, -0.05) is 23.2 Å². The fraction of sp³-hybridized carbons (Fsp3) is 0.263. The number of hydrogen-bond donors (Lipinski definition) is 0. The molecular weight excluding hydrogens is 439 g/mol. The third-order valence-electron chi connectivity index (χ3n) is 5.24. The van der Waals surface area contributed by atoms with Crippen LogP contribution in [0.25, 0.3) is 11.5 Å². The number of carbonyl (C=O) groups excluding carboxylic acids is 1. The smallest absolute Gasteiger partial charge is 0.256 e. The van der Waals surface area contributed by atoms with Gasteiger partial charge in [-0.15, -0.1) is 10.2 Å². The zero-order valence-electron chi connectivity index (χ0n) is 15.2. The third kappa shape index (κ3) is 2.96. The van der Waals surface area contributed by atoms with E-state index in [2.05, 4.69) is 15.2 Å². The van der Waals surface area contributed by atoms with E-state index in [-0.39, 0.29) is 28.3 Å². The Balaban J connectivity index is 1.55. The second-order valence-electron chi connectivity index (χ2n) is 7.00. The number of hydrogen-bond acceptors (Lipinski definition) is 5. The first kappa shape index (κ1) is 19.3. The monoisotopic (exact) mass is 451 g/mol. The van der Waals surface area contributed by atoms with E-state index < -0.39 is 23.6 Å². The largest absolute Gasteiger partial charge is 0.377 e. The minimum Gasteiger partial charge on any atom is -0.377 e. The second-order valence-corrected chi connectivity index (χ2v) is 7.75. The summed E-state index contributed by atoms with van der Waals surface area (Å²) in [6, 6.07) is 4.39. The Kier molecular flexibility index (Phi) is 4.68. The van der Waals surface area contributed by atoms with E-state index in [0.29, 0.717) is 30.5 Å². The molecule has 0 spiro atoms. The molecule has 2 aliphatic heterocycles. The molecule has 0 radical (unpaired) electrons. The van der Waals surface area contributed by atoms with E-state index in [9.17, 15) is 13.6 Å². The van der Waals surface area contributed by atoms with Gasteiger partial charge in [0.05, 0.1) is 41.1 Å². The molecular formula is C19H13Cl2F2N5O2. The van der Waals surface area contributed by atoms with Gasteiger partial charge >= 0.3 is 0 Å². The average molecular weight is 452 g/mol. The summed E-state index contributed by atoms with van der Waals surface area (Å²) in [6.45, 7) is 0.859. The van der Waals surface area contributed by atoms with Crippen molar-refractivity contribution in [3.63, 3.8) is 0 Å². The van der Waals surface area contributed by atoms with Crippen LogP contribution in [0.2, 0.25) is 10.0 Å². The highest BCUT2D eigenvalue weighted by molar-refractivity contribution is 6.44. The lowest BCUT2D eigenvalue weighted by Crippen LogP contribution is -2.56. The summed E-state index contributed by atoms with van der Waals surface area (Å²) < 4.78 is 34.4. The van der Waals surface area contributed by atoms with Crippen LogP contribution < -0.4 is 0 Å². The van der Waals surface area contributed by atoms with Crippen molar-refractivity contribution in [2.24, 2.45) is 0 Å². The van der Waals surface area contributed by atoms with E-state index in [1.807, 2.05) is 4.57 Å². The minimum absolute atomic E-state index is 0.105. The molecule has 4 heterocycles. The van der Waals surface area contributed by atoms with E-state index >= 15 is 0 Å². The normalized spacial score (nSPS) is 20.2. The SMILES string of the molecule is O=C(c1ccc(F)c(Cl)c1Cl)N1C2COCC1c1nnc(-c3ccc(F)cn3)n1C2. The van der Waals surface area contributed by atoms with Crippen molar-refractivity contribution in [3.05, 3.63) is 63.5 Å². The summed E-state index contributed by atoms with van der Waals surface area (Å²) in [5.41, 5.74) is 0.579. The van der Waals surface area contributed by atoms with Crippen molar-refractivity contribution in [2.75, 3.05) is 13.2 Å². The number of benzene rings is 1. The van der Waals surface area contributed by atoms with Crippen LogP contribution in [-0.2, 0) is 11.3 Å². The van der Waals surface area contributed by atoms with Gasteiger partial charge in [0.1, 0.15) is 23.4 Å². The number of amides is 1. The lowest BCUT2D eigenvalue weighted by atomic mass is 10.0. The van der Waals surface area contributed by atoms with Crippen LogP contribution in [0.15, 0.2) is 30.5 Å². The number of rotatable bonds is 2. The van der Waals surface area contributed by atoms with Gasteiger partial charge in [-0.25, -0.2) is 13.8 Å². The van der Waals surface area contributed by atoms with Crippen LogP contribution in [0.4, 0.5) is 8.78 Å². The molecule has 1 amide bonds. The average Bonchev–Trinajstić information content (AvgIpc) is 3.15. The summed E-state index contributed by atoms with van der Waals surface area (Å²) in [5.74, 6) is -0.539. The van der Waals surface area contributed by atoms with Crippen LogP contribution in [0.3, 0.4) is 0 Å². The summed E-state index contributed by atoms with van der Waals surface area (Å²) in [4.78, 5) is 19.0. The predicted molar refractivity (Wildman–Crippen MR) is 103 cm³/mol. The molecule has 2 bridgehead atoms. The van der Waals surface area contributed by atoms with Gasteiger partial charge < -0.3 is 14.2 Å². The molecule has 0 aliphatic carbocycles. The minimum atomic E-state index is -0.698. The summed E-state index contributed by atoms with van der Waals surface area (Å²) in [6.07, 6.45) is 1.11. The van der Waals surface area contributed by atoms with Gasteiger partial charge in [-0.05, 0) is 24.3 Å². The van der Waals surface area contributed by atoms with Crippen LogP contribution in [0.5, 0.6) is 0 Å². The molecule has 0 N–H and O–H groups in total. The summed E-state index contributed by atoms with van der Waals surface area (Å²) in [7, 11) is 0. The molecule has 1 fully saturated rings. The maximum absolute atomic E-state index is 13.7. The molecule has 1 aromatic carbocycles.